The van der Waals surface area contributed by atoms with Crippen LogP contribution < -0.4 is 0 Å². The van der Waals surface area contributed by atoms with Gasteiger partial charge in [0.25, 0.3) is 16.3 Å². The van der Waals surface area contributed by atoms with E-state index in [1.165, 1.54) is 0 Å². The number of aliphatic imine (C=N–C) groups is 1. The molecule has 5 heteroatoms. The molecule has 54 valence electrons. The highest BCUT2D eigenvalue weighted by Crippen LogP contribution is 2.26. The first-order chi connectivity index (χ1) is 4.54. The van der Waals surface area contributed by atoms with Gasteiger partial charge in [0.05, 0.1) is 0 Å². The molecule has 0 fully saturated rings. The van der Waals surface area contributed by atoms with E-state index >= 15 is 0 Å². The van der Waals surface area contributed by atoms with Gasteiger partial charge in [-0.1, -0.05) is 0 Å². The number of rotatable bonds is 1. The Morgan fingerprint density at radius 3 is 2.80 bits per heavy atom. The van der Waals surface area contributed by atoms with Crippen molar-refractivity contribution in [2.75, 3.05) is 5.75 Å². The second-order valence-electron chi connectivity index (χ2n) is 2.52. The quantitative estimate of drug-likeness (QED) is 0.368. The summed E-state index contributed by atoms with van der Waals surface area (Å²) in [7, 11) is 0. The van der Waals surface area contributed by atoms with Crippen LogP contribution in [0, 0.1) is 0 Å². The van der Waals surface area contributed by atoms with E-state index in [0.717, 1.165) is 20.2 Å². The van der Waals surface area contributed by atoms with Crippen LogP contribution in [0.2, 0.25) is 0 Å². The molecule has 1 aliphatic heterocycles. The monoisotopic (exact) mass is 174 g/mol. The van der Waals surface area contributed by atoms with Crippen LogP contribution >= 0.6 is 11.8 Å². The Kier molecular flexibility index (Phi) is 2.09. The number of hydrogen-bond acceptors (Lipinski definition) is 3. The van der Waals surface area contributed by atoms with Crippen molar-refractivity contribution in [2.45, 2.75) is 12.5 Å². The predicted octanol–water partition coefficient (Wildman–Crippen LogP) is -1.27. The number of hydrogen-bond donors (Lipinski definition) is 0. The van der Waals surface area contributed by atoms with Crippen LogP contribution in [0.3, 0.4) is 0 Å². The molecule has 0 aromatic rings. The minimum Gasteiger partial charge on any atom is -0.563 e. The second kappa shape index (κ2) is 2.57. The molecular weight excluding hydrogens is 165 g/mol. The van der Waals surface area contributed by atoms with E-state index in [2.05, 4.69) is 4.99 Å². The number of thioether (sulfide) groups is 1. The lowest BCUT2D eigenvalue weighted by molar-refractivity contribution is -0.141. The number of carbonyl (C=O) groups is 1. The Morgan fingerprint density at radius 2 is 2.60 bits per heavy atom. The summed E-state index contributed by atoms with van der Waals surface area (Å²) in [6.45, 7) is 1.72. The van der Waals surface area contributed by atoms with Gasteiger partial charge >= 0.3 is 5.97 Å². The molecule has 0 bridgehead atoms. The van der Waals surface area contributed by atoms with Crippen molar-refractivity contribution in [3.8, 4) is 0 Å². The Bertz CT molecular complexity index is 206. The molecule has 2 N–H and O–H groups in total. The molecule has 0 spiro atoms. The third-order valence-corrected chi connectivity index (χ3v) is 3.76. The highest BCUT2D eigenvalue weighted by Gasteiger charge is 2.42. The normalized spacial score (nSPS) is 31.9. The third-order valence-electron chi connectivity index (χ3n) is 1.46. The number of carbonyl (C=O) groups excluding carboxylic acids is 1. The molecule has 3 nitrogen and oxygen atoms in total. The van der Waals surface area contributed by atoms with E-state index in [-0.39, 0.29) is 0 Å². The van der Waals surface area contributed by atoms with Crippen LogP contribution in [-0.4, -0.2) is 42.6 Å². The van der Waals surface area contributed by atoms with Crippen LogP contribution in [0.4, 0.5) is 0 Å². The fraction of sp³-hybridized carbons (Fsp3) is 0.600. The first-order valence-electron chi connectivity index (χ1n) is 3.00. The molecule has 0 aromatic heterocycles. The van der Waals surface area contributed by atoms with Gasteiger partial charge in [0.1, 0.15) is 0 Å². The summed E-state index contributed by atoms with van der Waals surface area (Å²) in [6, 6.07) is 0. The minimum absolute atomic E-state index is 0.564. The summed E-state index contributed by atoms with van der Waals surface area (Å²) in [5.41, 5.74) is -0.720. The molecular formula is C5H9AlNO2S+. The van der Waals surface area contributed by atoms with Crippen molar-refractivity contribution in [1.29, 1.82) is 0 Å². The Hall–Kier alpha value is 0.0225. The molecule has 0 saturated carbocycles. The average molecular weight is 174 g/mol. The summed E-state index contributed by atoms with van der Waals surface area (Å²) in [5.74, 6) is 0.0969. The standard InChI is InChI=1S/C5H6NO2S.Al.2H/c1-5(4(7)8)2-9-3-6-5;;;/h2H2,1H3,(H,7,8);;;/p+1. The molecule has 1 atom stereocenters. The molecule has 0 aliphatic carbocycles. The Labute approximate surface area is 71.3 Å². The van der Waals surface area contributed by atoms with E-state index in [9.17, 15) is 4.79 Å². The topological polar surface area (TPSA) is 52.3 Å². The lowest BCUT2D eigenvalue weighted by Crippen LogP contribution is -2.33. The third kappa shape index (κ3) is 1.37. The smallest absolute Gasteiger partial charge is 0.544 e. The first-order valence-corrected chi connectivity index (χ1v) is 4.98. The van der Waals surface area contributed by atoms with Gasteiger partial charge in [-0.05, 0) is 10.8 Å². The van der Waals surface area contributed by atoms with E-state index < -0.39 is 11.5 Å². The van der Waals surface area contributed by atoms with Gasteiger partial charge < -0.3 is 5.11 Å². The largest absolute Gasteiger partial charge is 0.563 e. The summed E-state index contributed by atoms with van der Waals surface area (Å²) in [6.07, 6.45) is 0. The Balaban J connectivity index is 2.82. The Morgan fingerprint density at radius 1 is 2.00 bits per heavy atom. The predicted molar refractivity (Wildman–Crippen MR) is 45.5 cm³/mol. The zero-order valence-corrected chi connectivity index (χ0v) is 8.79. The van der Waals surface area contributed by atoms with Crippen molar-refractivity contribution >= 4 is 37.9 Å². The molecule has 1 rings (SSSR count). The van der Waals surface area contributed by atoms with Crippen LogP contribution in [0.15, 0.2) is 4.99 Å². The lowest BCUT2D eigenvalue weighted by atomic mass is 10.1. The van der Waals surface area contributed by atoms with Gasteiger partial charge in [-0.3, -0.25) is 4.99 Å². The van der Waals surface area contributed by atoms with E-state index in [1.54, 1.807) is 18.7 Å². The van der Waals surface area contributed by atoms with Gasteiger partial charge in [-0.2, -0.15) is 0 Å². The molecule has 0 amide bonds. The van der Waals surface area contributed by atoms with E-state index in [4.69, 9.17) is 5.11 Å². The maximum absolute atomic E-state index is 10.7. The van der Waals surface area contributed by atoms with E-state index in [0.29, 0.717) is 5.75 Å². The van der Waals surface area contributed by atoms with Crippen molar-refractivity contribution in [1.82, 2.24) is 0 Å². The average Bonchev–Trinajstić information content (AvgIpc) is 2.13. The summed E-state index contributed by atoms with van der Waals surface area (Å²) in [4.78, 5) is 14.8. The van der Waals surface area contributed by atoms with Gasteiger partial charge in [0, 0.05) is 10.5 Å². The zero-order chi connectivity index (χ0) is 7.78. The van der Waals surface area contributed by atoms with Gasteiger partial charge in [0.15, 0.2) is 0 Å². The summed E-state index contributed by atoms with van der Waals surface area (Å²) in [5, 5.41) is 6.92. The summed E-state index contributed by atoms with van der Waals surface area (Å²) < 4.78 is 1.04. The molecule has 0 aromatic carbocycles. The molecule has 10 heavy (non-hydrogen) atoms. The lowest BCUT2D eigenvalue weighted by Gasteiger charge is -2.06. The molecule has 0 saturated heterocycles. The van der Waals surface area contributed by atoms with Crippen molar-refractivity contribution < 1.29 is 9.90 Å². The maximum Gasteiger partial charge on any atom is 0.544 e. The molecule has 0 radical (unpaired) electrons. The molecule has 1 aliphatic rings. The highest BCUT2D eigenvalue weighted by molar-refractivity contribution is 8.16. The fourth-order valence-electron chi connectivity index (χ4n) is 0.773. The van der Waals surface area contributed by atoms with Crippen molar-refractivity contribution in [2.24, 2.45) is 4.99 Å². The van der Waals surface area contributed by atoms with Crippen LogP contribution in [0.25, 0.3) is 0 Å². The van der Waals surface area contributed by atoms with Crippen LogP contribution in [-0.2, 0) is 4.79 Å². The maximum atomic E-state index is 10.7. The molecule has 1 heterocycles. The van der Waals surface area contributed by atoms with Crippen LogP contribution in [0.5, 0.6) is 0 Å². The van der Waals surface area contributed by atoms with Crippen molar-refractivity contribution in [3.05, 3.63) is 0 Å². The molecule has 1 unspecified atom stereocenters. The highest BCUT2D eigenvalue weighted by atomic mass is 32.2. The summed E-state index contributed by atoms with van der Waals surface area (Å²) >= 11 is 2.50. The first kappa shape index (κ1) is 8.12. The van der Waals surface area contributed by atoms with Gasteiger partial charge in [-0.25, -0.2) is 0 Å². The zero-order valence-electron chi connectivity index (χ0n) is 5.97. The van der Waals surface area contributed by atoms with Crippen molar-refractivity contribution in [3.63, 3.8) is 0 Å². The fourth-order valence-corrected chi connectivity index (χ4v) is 2.65. The SMILES string of the molecule is CC1(C(=O)[OH2+])CS[C]([AlH2])=N1. The van der Waals surface area contributed by atoms with Gasteiger partial charge in [0.2, 0.25) is 5.54 Å². The van der Waals surface area contributed by atoms with E-state index in [1.807, 2.05) is 0 Å². The second-order valence-corrected chi connectivity index (χ2v) is 5.36. The number of nitrogens with zero attached hydrogens (tertiary/aromatic N) is 1. The van der Waals surface area contributed by atoms with Gasteiger partial charge in [-0.15, -0.1) is 11.8 Å². The van der Waals surface area contributed by atoms with Crippen LogP contribution in [0.1, 0.15) is 6.92 Å². The minimum atomic E-state index is -0.720.